The average molecular weight is 971 g/mol. The Bertz CT molecular complexity index is 2500. The van der Waals surface area contributed by atoms with Gasteiger partial charge in [-0.1, -0.05) is 47.1 Å². The van der Waals surface area contributed by atoms with Crippen LogP contribution in [0.2, 0.25) is 0 Å². The van der Waals surface area contributed by atoms with Gasteiger partial charge in [0.25, 0.3) is 5.88 Å². The second-order valence-electron chi connectivity index (χ2n) is 17.9. The normalized spacial score (nSPS) is 21.8. The van der Waals surface area contributed by atoms with Crippen LogP contribution in [0.4, 0.5) is 10.9 Å². The Morgan fingerprint density at radius 2 is 1.94 bits per heavy atom. The first-order valence-corrected chi connectivity index (χ1v) is 24.0. The number of aliphatic hydroxyl groups excluding tert-OH is 1. The predicted molar refractivity (Wildman–Crippen MR) is 247 cm³/mol. The zero-order valence-corrected chi connectivity index (χ0v) is 39.6. The molecule has 0 bridgehead atoms. The number of likely N-dealkylation sites (tertiary alicyclic amines) is 1. The largest absolute Gasteiger partial charge is 0.476 e. The van der Waals surface area contributed by atoms with Crippen molar-refractivity contribution < 1.29 is 28.5 Å². The third-order valence-electron chi connectivity index (χ3n) is 12.8. The van der Waals surface area contributed by atoms with Gasteiger partial charge in [-0.3, -0.25) is 9.59 Å². The van der Waals surface area contributed by atoms with Crippen molar-refractivity contribution in [1.82, 2.24) is 40.4 Å². The number of aromatic nitrogens is 5. The summed E-state index contributed by atoms with van der Waals surface area (Å²) in [5.41, 5.74) is 8.54. The maximum Gasteiger partial charge on any atom is 0.254 e. The number of unbranched alkanes of at least 4 members (excludes halogenated alkanes) is 1. The summed E-state index contributed by atoms with van der Waals surface area (Å²) in [5.74, 6) is 0.643. The zero-order chi connectivity index (χ0) is 45.8. The van der Waals surface area contributed by atoms with Crippen LogP contribution in [0.5, 0.6) is 5.88 Å². The summed E-state index contributed by atoms with van der Waals surface area (Å²) in [7, 11) is 0. The topological polar surface area (TPSA) is 226 Å². The van der Waals surface area contributed by atoms with Gasteiger partial charge in [0.05, 0.1) is 23.7 Å². The monoisotopic (exact) mass is 969 g/mol. The Hall–Kier alpha value is -5.42. The molecule has 2 fully saturated rings. The van der Waals surface area contributed by atoms with E-state index in [2.05, 4.69) is 66.3 Å². The van der Waals surface area contributed by atoms with Crippen LogP contribution in [-0.2, 0) is 28.0 Å². The fourth-order valence-electron chi connectivity index (χ4n) is 9.45. The molecule has 0 radical (unpaired) electrons. The second kappa shape index (κ2) is 20.0. The number of hydrogen-bond acceptors (Lipinski definition) is 16. The smallest absolute Gasteiger partial charge is 0.254 e. The lowest BCUT2D eigenvalue weighted by Gasteiger charge is -2.30. The van der Waals surface area contributed by atoms with E-state index in [-0.39, 0.29) is 36.7 Å². The van der Waals surface area contributed by atoms with Gasteiger partial charge in [-0.25, -0.2) is 9.97 Å². The van der Waals surface area contributed by atoms with Gasteiger partial charge in [-0.05, 0) is 100 Å². The third kappa shape index (κ3) is 10.1. The first kappa shape index (κ1) is 46.1. The number of β-amino-alcohol motifs (C(OH)–C–C–N with tert-alkyl or cyclic N) is 1. The number of nitriles is 1. The minimum Gasteiger partial charge on any atom is -0.476 e. The first-order valence-electron chi connectivity index (χ1n) is 22.4. The van der Waals surface area contributed by atoms with Gasteiger partial charge in [-0.15, -0.1) is 11.3 Å². The van der Waals surface area contributed by atoms with Gasteiger partial charge in [0, 0.05) is 65.8 Å². The van der Waals surface area contributed by atoms with E-state index in [0.717, 1.165) is 85.2 Å². The van der Waals surface area contributed by atoms with Gasteiger partial charge in [0.15, 0.2) is 5.76 Å². The highest BCUT2D eigenvalue weighted by atomic mass is 79.9. The van der Waals surface area contributed by atoms with Gasteiger partial charge >= 0.3 is 0 Å². The number of thiophene rings is 1. The molecule has 1 aromatic carbocycles. The highest BCUT2D eigenvalue weighted by Gasteiger charge is 2.44. The molecule has 3 aliphatic rings. The van der Waals surface area contributed by atoms with Crippen LogP contribution in [0.3, 0.4) is 0 Å². The maximum atomic E-state index is 14.0. The number of fused-ring (bicyclic) bond motifs is 1. The maximum absolute atomic E-state index is 14.0. The number of ether oxygens (including phenoxy) is 1. The Kier molecular flexibility index (Phi) is 14.2. The van der Waals surface area contributed by atoms with Crippen LogP contribution in [0.15, 0.2) is 56.1 Å². The molecule has 17 nitrogen and oxygen atoms in total. The number of carbonyl (C=O) groups excluding carboxylic acids is 2. The Labute approximate surface area is 390 Å². The summed E-state index contributed by atoms with van der Waals surface area (Å²) in [5, 5.41) is 32.4. The number of anilines is 2. The number of rotatable bonds is 15. The van der Waals surface area contributed by atoms with Crippen LogP contribution >= 0.6 is 27.3 Å². The van der Waals surface area contributed by atoms with Crippen molar-refractivity contribution in [2.45, 2.75) is 109 Å². The molecule has 8 rings (SSSR count). The van der Waals surface area contributed by atoms with Crippen LogP contribution in [0.25, 0.3) is 11.5 Å². The fraction of sp³-hybridized carbons (Fsp3) is 0.522. The molecule has 0 spiro atoms. The van der Waals surface area contributed by atoms with Crippen LogP contribution in [-0.4, -0.2) is 110 Å². The highest BCUT2D eigenvalue weighted by Crippen LogP contribution is 2.48. The summed E-state index contributed by atoms with van der Waals surface area (Å²) in [6.07, 6.45) is 6.32. The number of aryl methyl sites for hydroxylation is 1. The molecule has 344 valence electrons. The molecule has 2 saturated heterocycles. The molecule has 65 heavy (non-hydrogen) atoms. The minimum absolute atomic E-state index is 0.0633. The molecular weight excluding hydrogens is 915 g/mol. The lowest BCUT2D eigenvalue weighted by atomic mass is 9.72. The molecule has 19 heteroatoms. The predicted octanol–water partition coefficient (Wildman–Crippen LogP) is 6.21. The molecule has 2 aliphatic heterocycles. The second-order valence-corrected chi connectivity index (χ2v) is 19.9. The number of nitrogens with one attached hydrogen (secondary N) is 1. The number of benzene rings is 1. The van der Waals surface area contributed by atoms with E-state index >= 15 is 0 Å². The summed E-state index contributed by atoms with van der Waals surface area (Å²) >= 11 is 4.90. The number of hydrogen-bond donors (Lipinski definition) is 3. The molecule has 6 heterocycles. The third-order valence-corrected chi connectivity index (χ3v) is 14.4. The van der Waals surface area contributed by atoms with E-state index in [1.165, 1.54) is 16.2 Å². The number of nitrogens with zero attached hydrogens (tertiary/aromatic N) is 9. The van der Waals surface area contributed by atoms with Gasteiger partial charge in [-0.2, -0.15) is 10.2 Å². The first-order chi connectivity index (χ1) is 31.3. The zero-order valence-electron chi connectivity index (χ0n) is 37.2. The van der Waals surface area contributed by atoms with Crippen molar-refractivity contribution in [3.8, 4) is 23.5 Å². The van der Waals surface area contributed by atoms with Crippen LogP contribution in [0.1, 0.15) is 105 Å². The molecule has 5 atom stereocenters. The summed E-state index contributed by atoms with van der Waals surface area (Å²) in [4.78, 5) is 49.0. The van der Waals surface area contributed by atoms with E-state index in [9.17, 15) is 20.0 Å². The lowest BCUT2D eigenvalue weighted by Crippen LogP contribution is -2.48. The Morgan fingerprint density at radius 1 is 1.12 bits per heavy atom. The summed E-state index contributed by atoms with van der Waals surface area (Å²) in [6, 6.07) is 12.7. The van der Waals surface area contributed by atoms with E-state index in [0.29, 0.717) is 58.7 Å². The van der Waals surface area contributed by atoms with Crippen molar-refractivity contribution in [2.24, 2.45) is 5.92 Å². The molecule has 4 N–H and O–H groups in total. The number of halogens is 1. The molecular formula is C46H56BrN11O6S. The Balaban J connectivity index is 0.815. The summed E-state index contributed by atoms with van der Waals surface area (Å²) in [6.45, 7) is 12.3. The van der Waals surface area contributed by atoms with Crippen LogP contribution < -0.4 is 20.7 Å². The SMILES string of the molecule is CC(C)C(C(=O)N1C[C@H](O)C[C@H]1C(=O)NCc1ccc(Br)cc1)c1cc(OCCCCN2CCCN(c3nccc(-c4noc([C@@]5(C)CCCc6sc(N)c(C#N)c65)n4)n3)[C@@H](C)C2)no1. The molecule has 1 aliphatic carbocycles. The number of amides is 2. The molecule has 1 unspecified atom stereocenters. The van der Waals surface area contributed by atoms with Gasteiger partial charge in [0.2, 0.25) is 29.5 Å². The molecule has 4 aromatic heterocycles. The van der Waals surface area contributed by atoms with Crippen molar-refractivity contribution in [3.63, 3.8) is 0 Å². The quantitative estimate of drug-likeness (QED) is 0.0992. The molecule has 2 amide bonds. The summed E-state index contributed by atoms with van der Waals surface area (Å²) < 4.78 is 18.5. The van der Waals surface area contributed by atoms with E-state index in [4.69, 9.17) is 29.5 Å². The number of carbonyl (C=O) groups is 2. The minimum atomic E-state index is -0.806. The van der Waals surface area contributed by atoms with E-state index < -0.39 is 23.5 Å². The van der Waals surface area contributed by atoms with Crippen molar-refractivity contribution in [2.75, 3.05) is 50.0 Å². The van der Waals surface area contributed by atoms with Crippen molar-refractivity contribution in [1.29, 1.82) is 5.26 Å². The van der Waals surface area contributed by atoms with E-state index in [1.54, 1.807) is 18.3 Å². The average Bonchev–Trinajstić information content (AvgIpc) is 4.09. The van der Waals surface area contributed by atoms with Gasteiger partial charge < -0.3 is 44.6 Å². The molecule has 0 saturated carbocycles. The number of nitrogens with two attached hydrogens (primary N) is 1. The van der Waals surface area contributed by atoms with Crippen molar-refractivity contribution in [3.05, 3.63) is 80.3 Å². The Morgan fingerprint density at radius 3 is 2.72 bits per heavy atom. The fourth-order valence-corrected chi connectivity index (χ4v) is 10.9. The van der Waals surface area contributed by atoms with Crippen molar-refractivity contribution >= 4 is 50.0 Å². The standard InChI is InChI=1S/C46H56BrN11O6S/c1-27(2)38(43(61)58-26-31(59)21-34(58)42(60)51-24-29-10-12-30(47)13-11-29)35-22-37(54-63-35)62-20-6-5-17-56-18-8-19-57(28(3)25-56)45-50-16-14-33(52-45)41-53-44(64-55-41)46(4)15-7-9-36-39(46)32(23-48)40(49)65-36/h10-14,16,22,27-28,31,34,38,59H,5-9,15,17-21,24-26,49H2,1-4H3,(H,51,60)/t28-,31+,34-,38?,46-/m0/s1. The van der Waals surface area contributed by atoms with Gasteiger partial charge in [0.1, 0.15) is 28.7 Å². The molecule has 5 aromatic rings. The van der Waals surface area contributed by atoms with Crippen LogP contribution in [0, 0.1) is 17.2 Å². The number of aliphatic hydroxyl groups is 1. The highest BCUT2D eigenvalue weighted by molar-refractivity contribution is 9.10. The number of nitrogen functional groups attached to an aromatic ring is 1. The lowest BCUT2D eigenvalue weighted by molar-refractivity contribution is -0.141. The van der Waals surface area contributed by atoms with E-state index in [1.807, 2.05) is 38.1 Å².